The summed E-state index contributed by atoms with van der Waals surface area (Å²) >= 11 is 0. The summed E-state index contributed by atoms with van der Waals surface area (Å²) in [5.74, 6) is 0.226. The third-order valence-electron chi connectivity index (χ3n) is 10.7. The number of fused-ring (bicyclic) bond motifs is 3. The number of aryl methyl sites for hydroxylation is 1. The van der Waals surface area contributed by atoms with Gasteiger partial charge in [0.1, 0.15) is 5.82 Å². The van der Waals surface area contributed by atoms with Gasteiger partial charge in [0.15, 0.2) is 5.82 Å². The molecule has 1 amide bonds. The van der Waals surface area contributed by atoms with Crippen LogP contribution in [-0.2, 0) is 17.3 Å². The first-order chi connectivity index (χ1) is 19.7. The second-order valence-corrected chi connectivity index (χ2v) is 13.8. The predicted octanol–water partition coefficient (Wildman–Crippen LogP) is 6.90. The van der Waals surface area contributed by atoms with E-state index in [2.05, 4.69) is 15.9 Å². The fraction of sp³-hybridized carbons (Fsp3) is 0.625. The fourth-order valence-electron chi connectivity index (χ4n) is 7.64. The normalized spacial score (nSPS) is 29.0. The molecular weight excluding hydrogens is 524 g/mol. The highest BCUT2D eigenvalue weighted by Gasteiger charge is 2.55. The zero-order valence-electron chi connectivity index (χ0n) is 23.6. The Kier molecular flexibility index (Phi) is 5.59. The van der Waals surface area contributed by atoms with Gasteiger partial charge in [0.05, 0.1) is 5.69 Å². The number of aromatic nitrogens is 4. The van der Waals surface area contributed by atoms with Crippen LogP contribution in [0.15, 0.2) is 35.0 Å². The van der Waals surface area contributed by atoms with Gasteiger partial charge in [0, 0.05) is 67.1 Å². The first-order valence-electron chi connectivity index (χ1n) is 15.4. The lowest BCUT2D eigenvalue weighted by Crippen LogP contribution is -2.53. The Morgan fingerprint density at radius 3 is 2.39 bits per heavy atom. The van der Waals surface area contributed by atoms with Crippen LogP contribution in [0, 0.1) is 11.3 Å². The topological polar surface area (TPSA) is 77.0 Å². The molecule has 6 fully saturated rings. The van der Waals surface area contributed by atoms with Gasteiger partial charge in [-0.25, -0.2) is 13.8 Å². The number of rotatable bonds is 8. The highest BCUT2D eigenvalue weighted by atomic mass is 19.3. The molecular formula is C32H37F2N5O2. The lowest BCUT2D eigenvalue weighted by molar-refractivity contribution is -0.148. The third kappa shape index (κ3) is 4.50. The van der Waals surface area contributed by atoms with Gasteiger partial charge in [-0.3, -0.25) is 4.79 Å². The molecule has 1 aromatic carbocycles. The van der Waals surface area contributed by atoms with Crippen molar-refractivity contribution in [3.8, 4) is 11.3 Å². The summed E-state index contributed by atoms with van der Waals surface area (Å²) in [7, 11) is 2.03. The van der Waals surface area contributed by atoms with E-state index in [-0.39, 0.29) is 29.6 Å². The molecule has 7 nitrogen and oxygen atoms in total. The van der Waals surface area contributed by atoms with Crippen LogP contribution in [0.4, 0.5) is 14.5 Å². The summed E-state index contributed by atoms with van der Waals surface area (Å²) in [4.78, 5) is 25.4. The van der Waals surface area contributed by atoms with E-state index in [1.54, 1.807) is 0 Å². The predicted molar refractivity (Wildman–Crippen MR) is 149 cm³/mol. The minimum atomic E-state index is -2.74. The minimum Gasteiger partial charge on any atom is -0.339 e. The quantitative estimate of drug-likeness (QED) is 0.299. The Morgan fingerprint density at radius 1 is 1.02 bits per heavy atom. The van der Waals surface area contributed by atoms with Crippen molar-refractivity contribution in [1.82, 2.24) is 19.7 Å². The molecule has 0 atom stereocenters. The number of anilines is 1. The van der Waals surface area contributed by atoms with Gasteiger partial charge in [-0.1, -0.05) is 17.3 Å². The molecule has 9 rings (SSSR count). The molecule has 3 aromatic rings. The Bertz CT molecular complexity index is 1470. The minimum absolute atomic E-state index is 0.0385. The number of benzene rings is 1. The molecule has 6 aliphatic carbocycles. The van der Waals surface area contributed by atoms with Crippen molar-refractivity contribution in [2.45, 2.75) is 100 Å². The second-order valence-electron chi connectivity index (χ2n) is 13.8. The van der Waals surface area contributed by atoms with E-state index in [1.165, 1.54) is 12.8 Å². The van der Waals surface area contributed by atoms with Gasteiger partial charge in [0.2, 0.25) is 17.7 Å². The van der Waals surface area contributed by atoms with E-state index in [9.17, 15) is 13.6 Å². The molecule has 2 heterocycles. The molecule has 0 unspecified atom stereocenters. The van der Waals surface area contributed by atoms with Crippen molar-refractivity contribution in [3.05, 3.63) is 48.0 Å². The third-order valence-corrected chi connectivity index (χ3v) is 10.7. The maximum atomic E-state index is 13.9. The van der Waals surface area contributed by atoms with E-state index in [0.29, 0.717) is 18.4 Å². The van der Waals surface area contributed by atoms with E-state index in [1.807, 2.05) is 36.2 Å². The van der Waals surface area contributed by atoms with Gasteiger partial charge >= 0.3 is 0 Å². The Morgan fingerprint density at radius 2 is 1.73 bits per heavy atom. The molecule has 41 heavy (non-hydrogen) atoms. The van der Waals surface area contributed by atoms with E-state index < -0.39 is 11.8 Å². The Labute approximate surface area is 238 Å². The van der Waals surface area contributed by atoms with Crippen molar-refractivity contribution >= 4 is 11.6 Å². The maximum Gasteiger partial charge on any atom is 0.249 e. The molecule has 6 saturated carbocycles. The number of hydrogen-bond donors (Lipinski definition) is 0. The van der Waals surface area contributed by atoms with Gasteiger partial charge in [0.25, 0.3) is 0 Å². The zero-order chi connectivity index (χ0) is 28.0. The molecule has 2 bridgehead atoms. The molecule has 0 N–H and O–H groups in total. The molecule has 216 valence electrons. The first-order valence-corrected chi connectivity index (χ1v) is 15.4. The summed E-state index contributed by atoms with van der Waals surface area (Å²) in [5.41, 5.74) is 2.52. The highest BCUT2D eigenvalue weighted by molar-refractivity contribution is 5.96. The van der Waals surface area contributed by atoms with Crippen molar-refractivity contribution in [2.24, 2.45) is 18.4 Å². The average Bonchev–Trinajstić information content (AvgIpc) is 3.91. The molecule has 0 radical (unpaired) electrons. The SMILES string of the molecule is Cn1cc(-c2cccc(N(CC34CCC(c5nc(C6CC6)no5)(CC3)CC4)C(=O)C3CC(F)(F)C3)c2)nc1C1CC1. The summed E-state index contributed by atoms with van der Waals surface area (Å²) in [6.45, 7) is 0.556. The van der Waals surface area contributed by atoms with Gasteiger partial charge < -0.3 is 14.0 Å². The van der Waals surface area contributed by atoms with Crippen LogP contribution in [0.1, 0.15) is 106 Å². The molecule has 0 spiro atoms. The van der Waals surface area contributed by atoms with Crippen LogP contribution in [0.25, 0.3) is 11.3 Å². The van der Waals surface area contributed by atoms with E-state index in [4.69, 9.17) is 14.5 Å². The van der Waals surface area contributed by atoms with Crippen LogP contribution in [0.5, 0.6) is 0 Å². The van der Waals surface area contributed by atoms with Crippen molar-refractivity contribution in [1.29, 1.82) is 0 Å². The number of nitrogens with zero attached hydrogens (tertiary/aromatic N) is 5. The smallest absolute Gasteiger partial charge is 0.249 e. The molecule has 0 aliphatic heterocycles. The lowest BCUT2D eigenvalue weighted by atomic mass is 9.53. The molecule has 9 heteroatoms. The van der Waals surface area contributed by atoms with Gasteiger partial charge in [-0.15, -0.1) is 0 Å². The molecule has 0 saturated heterocycles. The number of imidazole rings is 1. The van der Waals surface area contributed by atoms with Gasteiger partial charge in [-0.05, 0) is 81.8 Å². The highest BCUT2D eigenvalue weighted by Crippen LogP contribution is 2.58. The average molecular weight is 562 g/mol. The number of alkyl halides is 2. The van der Waals surface area contributed by atoms with Crippen LogP contribution in [0.2, 0.25) is 0 Å². The summed E-state index contributed by atoms with van der Waals surface area (Å²) < 4.78 is 35.7. The number of carbonyl (C=O) groups is 1. The summed E-state index contributed by atoms with van der Waals surface area (Å²) in [6, 6.07) is 7.96. The molecule has 6 aliphatic rings. The number of carbonyl (C=O) groups excluding carboxylic acids is 1. The van der Waals surface area contributed by atoms with Crippen molar-refractivity contribution in [2.75, 3.05) is 11.4 Å². The number of hydrogen-bond acceptors (Lipinski definition) is 5. The van der Waals surface area contributed by atoms with Crippen LogP contribution in [0.3, 0.4) is 0 Å². The standard InChI is InChI=1S/C32H37F2N5O2/c1-38-18-25(35-27(38)21-7-8-21)22-3-2-4-24(15-22)39(28(40)23-16-32(33,34)17-23)19-30-9-12-31(13-10-30,14-11-30)29-36-26(37-41-29)20-5-6-20/h2-4,15,18,20-21,23H,5-14,16-17,19H2,1H3. The van der Waals surface area contributed by atoms with Crippen LogP contribution in [-0.4, -0.2) is 38.1 Å². The fourth-order valence-corrected chi connectivity index (χ4v) is 7.64. The first kappa shape index (κ1) is 25.6. The summed E-state index contributed by atoms with van der Waals surface area (Å²) in [6.07, 6.45) is 11.8. The van der Waals surface area contributed by atoms with Crippen molar-refractivity contribution in [3.63, 3.8) is 0 Å². The Hall–Kier alpha value is -3.10. The summed E-state index contributed by atoms with van der Waals surface area (Å²) in [5, 5.41) is 4.29. The van der Waals surface area contributed by atoms with Crippen LogP contribution < -0.4 is 4.90 Å². The van der Waals surface area contributed by atoms with E-state index in [0.717, 1.165) is 85.9 Å². The zero-order valence-corrected chi connectivity index (χ0v) is 23.6. The van der Waals surface area contributed by atoms with E-state index >= 15 is 0 Å². The maximum absolute atomic E-state index is 13.9. The number of halogens is 2. The lowest BCUT2D eigenvalue weighted by Gasteiger charge is -2.53. The monoisotopic (exact) mass is 561 g/mol. The molecule has 2 aromatic heterocycles. The van der Waals surface area contributed by atoms with Crippen LogP contribution >= 0.6 is 0 Å². The van der Waals surface area contributed by atoms with Gasteiger partial charge in [-0.2, -0.15) is 4.98 Å². The largest absolute Gasteiger partial charge is 0.339 e. The van der Waals surface area contributed by atoms with Crippen molar-refractivity contribution < 1.29 is 18.1 Å². The Balaban J connectivity index is 1.06. The number of amides is 1. The second kappa shape index (κ2) is 8.95.